The topological polar surface area (TPSA) is 143 Å². The molecule has 0 aromatic carbocycles. The summed E-state index contributed by atoms with van der Waals surface area (Å²) in [5.74, 6) is 0.766. The second-order valence-corrected chi connectivity index (χ2v) is 30.8. The number of amides is 2. The number of carbonyl (C=O) groups excluding carboxylic acids is 2. The normalized spacial score (nSPS) is 20.0. The van der Waals surface area contributed by atoms with E-state index in [4.69, 9.17) is 14.5 Å². The van der Waals surface area contributed by atoms with Crippen molar-refractivity contribution in [3.05, 3.63) is 58.1 Å². The van der Waals surface area contributed by atoms with Gasteiger partial charge in [-0.1, -0.05) is 53.7 Å². The average Bonchev–Trinajstić information content (AvgIpc) is 3.65. The van der Waals surface area contributed by atoms with E-state index in [2.05, 4.69) is 105 Å². The number of likely N-dealkylation sites (tertiary alicyclic amines) is 2. The molecule has 394 valence electrons. The third kappa shape index (κ3) is 21.9. The van der Waals surface area contributed by atoms with E-state index >= 15 is 0 Å². The predicted molar refractivity (Wildman–Crippen MR) is 292 cm³/mol. The zero-order valence-corrected chi connectivity index (χ0v) is 50.0. The molecule has 0 spiro atoms. The van der Waals surface area contributed by atoms with Gasteiger partial charge in [0.05, 0.1) is 32.2 Å². The molecule has 2 aliphatic rings. The quantitative estimate of drug-likeness (QED) is 0.183. The summed E-state index contributed by atoms with van der Waals surface area (Å²) < 4.78 is 43.8. The van der Waals surface area contributed by atoms with Crippen LogP contribution < -0.4 is 4.72 Å². The van der Waals surface area contributed by atoms with E-state index in [0.29, 0.717) is 24.9 Å². The van der Waals surface area contributed by atoms with Crippen molar-refractivity contribution >= 4 is 56.3 Å². The molecule has 0 aliphatic carbocycles. The van der Waals surface area contributed by atoms with Crippen LogP contribution >= 0.6 is 15.9 Å². The van der Waals surface area contributed by atoms with Gasteiger partial charge in [0, 0.05) is 52.6 Å². The Bertz CT molecular complexity index is 2070. The number of hydrogen-bond acceptors (Lipinski definition) is 8. The van der Waals surface area contributed by atoms with Gasteiger partial charge in [-0.25, -0.2) is 27.7 Å². The minimum atomic E-state index is -1.21. The number of nitrogens with zero attached hydrogens (tertiary/aromatic N) is 5. The van der Waals surface area contributed by atoms with E-state index in [9.17, 15) is 18.0 Å². The first kappa shape index (κ1) is 62.4. The summed E-state index contributed by atoms with van der Waals surface area (Å²) in [6.45, 7) is 45.7. The minimum absolute atomic E-state index is 0.0624. The first-order valence-electron chi connectivity index (χ1n) is 24.8. The Labute approximate surface area is 432 Å². The second-order valence-electron chi connectivity index (χ2n) is 26.1. The summed E-state index contributed by atoms with van der Waals surface area (Å²) in [6, 6.07) is 12.0. The van der Waals surface area contributed by atoms with Gasteiger partial charge in [-0.2, -0.15) is 4.40 Å². The summed E-state index contributed by atoms with van der Waals surface area (Å²) in [6.07, 6.45) is 6.57. The number of halogens is 1. The molecule has 2 aromatic heterocycles. The van der Waals surface area contributed by atoms with Gasteiger partial charge in [-0.15, -0.1) is 0 Å². The van der Waals surface area contributed by atoms with E-state index in [0.717, 1.165) is 60.2 Å². The van der Waals surface area contributed by atoms with E-state index in [1.807, 2.05) is 123 Å². The average molecular weight is 1070 g/mol. The van der Waals surface area contributed by atoms with Crippen molar-refractivity contribution in [1.82, 2.24) is 24.5 Å². The molecule has 12 nitrogen and oxygen atoms in total. The number of aromatic nitrogens is 2. The van der Waals surface area contributed by atoms with Crippen molar-refractivity contribution in [3.8, 4) is 0 Å². The molecule has 3 unspecified atom stereocenters. The highest BCUT2D eigenvalue weighted by molar-refractivity contribution is 9.10. The lowest BCUT2D eigenvalue weighted by molar-refractivity contribution is 0.0118. The predicted octanol–water partition coefficient (Wildman–Crippen LogP) is 13.8. The van der Waals surface area contributed by atoms with Crippen LogP contribution in [0.25, 0.3) is 0 Å². The van der Waals surface area contributed by atoms with Crippen molar-refractivity contribution in [2.24, 2.45) is 16.2 Å². The molecule has 2 saturated heterocycles. The molecule has 2 aromatic rings. The third-order valence-electron chi connectivity index (χ3n) is 11.6. The fraction of sp³-hybridized carbons (Fsp3) is 0.759. The molecule has 2 aliphatic heterocycles. The molecule has 69 heavy (non-hydrogen) atoms. The first-order chi connectivity index (χ1) is 31.0. The lowest BCUT2D eigenvalue weighted by Gasteiger charge is -2.33. The van der Waals surface area contributed by atoms with Gasteiger partial charge in [0.15, 0.2) is 0 Å². The lowest BCUT2D eigenvalue weighted by Crippen LogP contribution is -2.45. The van der Waals surface area contributed by atoms with Gasteiger partial charge in [-0.05, 0) is 201 Å². The van der Waals surface area contributed by atoms with Crippen LogP contribution in [0, 0.1) is 11.8 Å². The van der Waals surface area contributed by atoms with Gasteiger partial charge in [0.1, 0.15) is 26.8 Å². The van der Waals surface area contributed by atoms with E-state index in [-0.39, 0.29) is 49.6 Å². The molecule has 5 atom stereocenters. The highest BCUT2D eigenvalue weighted by atomic mass is 79.9. The Morgan fingerprint density at radius 2 is 1.14 bits per heavy atom. The van der Waals surface area contributed by atoms with Gasteiger partial charge < -0.3 is 19.3 Å². The molecule has 4 rings (SSSR count). The van der Waals surface area contributed by atoms with Crippen LogP contribution in [0.2, 0.25) is 0 Å². The van der Waals surface area contributed by atoms with Gasteiger partial charge in [0.25, 0.3) is 0 Å². The summed E-state index contributed by atoms with van der Waals surface area (Å²) >= 11 is 3.34. The van der Waals surface area contributed by atoms with Crippen molar-refractivity contribution in [2.45, 2.75) is 239 Å². The number of rotatable bonds is 10. The smallest absolute Gasteiger partial charge is 0.410 e. The number of carbonyl (C=O) groups is 2. The standard InChI is InChI=1S/C27H47N3O3S.C18H34N2O3S.C9H12BrN/c1-24(2,3)22-14-12-13-20(28-22)21(29-34(32)26(7,8)9)16-15-19-17-27(10,11)30(18-19)23(31)33-25(4,5)6;1-16(2,3)23-15(21)20-13-14(12-18(20,7)8)10-9-11-19-24(22)17(4,5)6;1-9(2,3)7-5-4-6-8(10)11-7/h12-14,19,21,29H,15-18H2,1-11H3;11,14H,9-10,12-13H2,1-8H3;4-6H,1-3H3/t19-,21?,34?;14-,24?;/m00./s1. The zero-order chi connectivity index (χ0) is 53.4. The Kier molecular flexibility index (Phi) is 22.0. The minimum Gasteiger partial charge on any atom is -0.444 e. The molecule has 2 fully saturated rings. The molecule has 15 heteroatoms. The van der Waals surface area contributed by atoms with Crippen molar-refractivity contribution in [1.29, 1.82) is 0 Å². The highest BCUT2D eigenvalue weighted by Gasteiger charge is 2.44. The number of hydrogen-bond donors (Lipinski definition) is 1. The molecule has 0 bridgehead atoms. The van der Waals surface area contributed by atoms with Crippen molar-refractivity contribution in [2.75, 3.05) is 13.1 Å². The third-order valence-corrected chi connectivity index (χ3v) is 15.0. The molecule has 4 heterocycles. The lowest BCUT2D eigenvalue weighted by atomic mass is 9.90. The fourth-order valence-corrected chi connectivity index (χ4v) is 9.64. The number of nitrogens with one attached hydrogen (secondary N) is 1. The highest BCUT2D eigenvalue weighted by Crippen LogP contribution is 2.38. The van der Waals surface area contributed by atoms with E-state index < -0.39 is 33.2 Å². The first-order valence-corrected chi connectivity index (χ1v) is 27.8. The second kappa shape index (κ2) is 24.3. The van der Waals surface area contributed by atoms with Gasteiger partial charge >= 0.3 is 12.2 Å². The summed E-state index contributed by atoms with van der Waals surface area (Å²) in [4.78, 5) is 38.2. The van der Waals surface area contributed by atoms with Crippen LogP contribution in [0.15, 0.2) is 45.4 Å². The van der Waals surface area contributed by atoms with Crippen LogP contribution in [-0.2, 0) is 42.3 Å². The molecular weight excluding hydrogens is 973 g/mol. The van der Waals surface area contributed by atoms with Crippen molar-refractivity contribution < 1.29 is 27.5 Å². The number of ether oxygens (including phenoxy) is 2. The largest absolute Gasteiger partial charge is 0.444 e. The maximum absolute atomic E-state index is 13.0. The zero-order valence-electron chi connectivity index (χ0n) is 46.8. The summed E-state index contributed by atoms with van der Waals surface area (Å²) in [7, 11) is -2.41. The van der Waals surface area contributed by atoms with Crippen LogP contribution in [0.4, 0.5) is 9.59 Å². The van der Waals surface area contributed by atoms with Gasteiger partial charge in [-0.3, -0.25) is 4.98 Å². The van der Waals surface area contributed by atoms with Crippen LogP contribution in [0.1, 0.15) is 214 Å². The Morgan fingerprint density at radius 3 is 1.54 bits per heavy atom. The van der Waals surface area contributed by atoms with Gasteiger partial charge in [0.2, 0.25) is 0 Å². The Morgan fingerprint density at radius 1 is 0.710 bits per heavy atom. The number of pyridine rings is 2. The SMILES string of the molecule is CC(C)(C)OC(=O)N1C[C@@H](CCC(NS(=O)C(C)(C)C)c2cccc(C(C)(C)C)n2)CC1(C)C.CC(C)(C)OC(=O)N1C[C@@H](CCC=NS(=O)C(C)(C)C)CC1(C)C.CC(C)(C)c1cccc(Br)n1. The van der Waals surface area contributed by atoms with Crippen LogP contribution in [-0.4, -0.2) is 91.5 Å². The van der Waals surface area contributed by atoms with Crippen LogP contribution in [0.5, 0.6) is 0 Å². The van der Waals surface area contributed by atoms with Crippen molar-refractivity contribution in [3.63, 3.8) is 0 Å². The fourth-order valence-electron chi connectivity index (χ4n) is 7.89. The molecule has 0 radical (unpaired) electrons. The molecule has 0 saturated carbocycles. The molecule has 2 amide bonds. The Hall–Kier alpha value is -2.75. The maximum Gasteiger partial charge on any atom is 0.410 e. The summed E-state index contributed by atoms with van der Waals surface area (Å²) in [5.41, 5.74) is 1.70. The molecular formula is C54H93BrN6O6S2. The molecule has 1 N–H and O–H groups in total. The summed E-state index contributed by atoms with van der Waals surface area (Å²) in [5, 5.41) is 0. The van der Waals surface area contributed by atoms with E-state index in [1.54, 1.807) is 6.21 Å². The van der Waals surface area contributed by atoms with E-state index in [1.165, 1.54) is 0 Å². The monoisotopic (exact) mass is 1060 g/mol. The van der Waals surface area contributed by atoms with Crippen LogP contribution in [0.3, 0.4) is 0 Å². The Balaban J connectivity index is 0.000000402. The maximum atomic E-state index is 13.0.